The topological polar surface area (TPSA) is 38.7 Å². The molecule has 3 aromatic carbocycles. The van der Waals surface area contributed by atoms with Gasteiger partial charge in [-0.2, -0.15) is 0 Å². The summed E-state index contributed by atoms with van der Waals surface area (Å²) in [7, 11) is 0. The highest BCUT2D eigenvalue weighted by atomic mass is 16.6. The molecule has 1 aliphatic heterocycles. The van der Waals surface area contributed by atoms with E-state index in [1.807, 2.05) is 42.5 Å². The first-order valence-corrected chi connectivity index (χ1v) is 9.02. The molecule has 0 saturated heterocycles. The summed E-state index contributed by atoms with van der Waals surface area (Å²) < 4.78 is 5.39. The van der Waals surface area contributed by atoms with Gasteiger partial charge in [-0.05, 0) is 51.6 Å². The van der Waals surface area contributed by atoms with Crippen molar-refractivity contribution in [1.82, 2.24) is 0 Å². The first kappa shape index (κ1) is 17.2. The van der Waals surface area contributed by atoms with E-state index >= 15 is 0 Å². The summed E-state index contributed by atoms with van der Waals surface area (Å²) in [6.45, 7) is 6.50. The highest BCUT2D eigenvalue weighted by Crippen LogP contribution is 2.25. The molecule has 0 spiro atoms. The van der Waals surface area contributed by atoms with Gasteiger partial charge in [0.05, 0.1) is 0 Å². The lowest BCUT2D eigenvalue weighted by atomic mass is 9.87. The van der Waals surface area contributed by atoms with Crippen molar-refractivity contribution in [3.05, 3.63) is 89.1 Å². The van der Waals surface area contributed by atoms with Crippen LogP contribution in [0.5, 0.6) is 0 Å². The summed E-state index contributed by atoms with van der Waals surface area (Å²) in [6, 6.07) is 22.2. The molecule has 0 unspecified atom stereocenters. The zero-order chi connectivity index (χ0) is 19.0. The Balaban J connectivity index is 1.64. The number of aliphatic imine (C=N–C) groups is 1. The van der Waals surface area contributed by atoms with Crippen LogP contribution in [0.25, 0.3) is 16.8 Å². The predicted octanol–water partition coefficient (Wildman–Crippen LogP) is 5.48. The van der Waals surface area contributed by atoms with Gasteiger partial charge in [0.25, 0.3) is 0 Å². The third-order valence-electron chi connectivity index (χ3n) is 4.70. The predicted molar refractivity (Wildman–Crippen MR) is 110 cm³/mol. The molecule has 0 bridgehead atoms. The van der Waals surface area contributed by atoms with E-state index in [2.05, 4.69) is 50.0 Å². The fourth-order valence-corrected chi connectivity index (χ4v) is 3.10. The Hall–Kier alpha value is -3.20. The Morgan fingerprint density at radius 2 is 1.59 bits per heavy atom. The molecule has 0 fully saturated rings. The van der Waals surface area contributed by atoms with Gasteiger partial charge in [0.2, 0.25) is 5.90 Å². The normalized spacial score (nSPS) is 15.9. The smallest absolute Gasteiger partial charge is 0.363 e. The van der Waals surface area contributed by atoms with Crippen molar-refractivity contribution < 1.29 is 9.53 Å². The number of carbonyl (C=O) groups excluding carboxylic acids is 1. The lowest BCUT2D eigenvalue weighted by Gasteiger charge is -2.18. The number of hydrogen-bond acceptors (Lipinski definition) is 3. The molecule has 0 saturated carbocycles. The van der Waals surface area contributed by atoms with Crippen molar-refractivity contribution >= 4 is 28.7 Å². The maximum absolute atomic E-state index is 12.2. The zero-order valence-corrected chi connectivity index (χ0v) is 15.7. The molecule has 0 N–H and O–H groups in total. The largest absolute Gasteiger partial charge is 0.402 e. The molecule has 0 atom stereocenters. The number of esters is 1. The van der Waals surface area contributed by atoms with E-state index in [9.17, 15) is 4.79 Å². The van der Waals surface area contributed by atoms with Gasteiger partial charge in [-0.15, -0.1) is 0 Å². The van der Waals surface area contributed by atoms with Crippen molar-refractivity contribution in [1.29, 1.82) is 0 Å². The summed E-state index contributed by atoms with van der Waals surface area (Å²) in [6.07, 6.45) is 1.77. The van der Waals surface area contributed by atoms with Gasteiger partial charge in [0.15, 0.2) is 5.70 Å². The van der Waals surface area contributed by atoms with Crippen molar-refractivity contribution in [2.45, 2.75) is 26.2 Å². The summed E-state index contributed by atoms with van der Waals surface area (Å²) in [4.78, 5) is 16.7. The number of nitrogens with zero attached hydrogens (tertiary/aromatic N) is 1. The maximum atomic E-state index is 12.2. The molecule has 3 heteroatoms. The lowest BCUT2D eigenvalue weighted by molar-refractivity contribution is -0.129. The number of hydrogen-bond donors (Lipinski definition) is 0. The van der Waals surface area contributed by atoms with Crippen molar-refractivity contribution in [2.24, 2.45) is 4.99 Å². The number of fused-ring (bicyclic) bond motifs is 1. The van der Waals surface area contributed by atoms with Crippen LogP contribution in [0.2, 0.25) is 0 Å². The standard InChI is InChI=1S/C24H21NO2/c1-24(2,3)20-12-10-18(11-13-20)22-25-21(23(26)27-22)15-16-8-9-17-6-4-5-7-19(17)14-16/h4-15H,1-3H3/b21-15+. The van der Waals surface area contributed by atoms with Gasteiger partial charge in [0, 0.05) is 5.56 Å². The van der Waals surface area contributed by atoms with Gasteiger partial charge in [0.1, 0.15) is 0 Å². The quantitative estimate of drug-likeness (QED) is 0.451. The van der Waals surface area contributed by atoms with E-state index in [0.29, 0.717) is 11.6 Å². The minimum atomic E-state index is -0.418. The molecule has 3 nitrogen and oxygen atoms in total. The number of rotatable bonds is 2. The van der Waals surface area contributed by atoms with Crippen molar-refractivity contribution in [2.75, 3.05) is 0 Å². The Bertz CT molecular complexity index is 1080. The molecule has 3 aromatic rings. The van der Waals surface area contributed by atoms with Gasteiger partial charge in [-0.3, -0.25) is 0 Å². The third kappa shape index (κ3) is 3.54. The van der Waals surface area contributed by atoms with Gasteiger partial charge >= 0.3 is 5.97 Å². The number of benzene rings is 3. The van der Waals surface area contributed by atoms with Crippen LogP contribution in [0.15, 0.2) is 77.4 Å². The molecule has 1 aliphatic rings. The Labute approximate surface area is 159 Å². The van der Waals surface area contributed by atoms with Crippen LogP contribution in [-0.4, -0.2) is 11.9 Å². The van der Waals surface area contributed by atoms with Crippen LogP contribution in [0, 0.1) is 0 Å². The average molecular weight is 355 g/mol. The van der Waals surface area contributed by atoms with Gasteiger partial charge in [-0.1, -0.05) is 69.3 Å². The third-order valence-corrected chi connectivity index (χ3v) is 4.70. The molecule has 1 heterocycles. The van der Waals surface area contributed by atoms with Crippen LogP contribution < -0.4 is 0 Å². The lowest BCUT2D eigenvalue weighted by Crippen LogP contribution is -2.11. The minimum Gasteiger partial charge on any atom is -0.402 e. The second kappa shape index (κ2) is 6.51. The number of cyclic esters (lactones) is 1. The summed E-state index contributed by atoms with van der Waals surface area (Å²) >= 11 is 0. The van der Waals surface area contributed by atoms with E-state index < -0.39 is 5.97 Å². The van der Waals surface area contributed by atoms with Crippen LogP contribution in [0.3, 0.4) is 0 Å². The zero-order valence-electron chi connectivity index (χ0n) is 15.7. The number of ether oxygens (including phenoxy) is 1. The summed E-state index contributed by atoms with van der Waals surface area (Å²) in [5.41, 5.74) is 3.35. The Kier molecular flexibility index (Phi) is 4.15. The van der Waals surface area contributed by atoms with E-state index in [-0.39, 0.29) is 5.41 Å². The summed E-state index contributed by atoms with van der Waals surface area (Å²) in [5.74, 6) is -0.0643. The second-order valence-electron chi connectivity index (χ2n) is 7.77. The molecule has 4 rings (SSSR count). The average Bonchev–Trinajstić information content (AvgIpc) is 3.01. The molecule has 134 valence electrons. The molecule has 0 radical (unpaired) electrons. The molecule has 0 amide bonds. The highest BCUT2D eigenvalue weighted by Gasteiger charge is 2.24. The SMILES string of the molecule is CC(C)(C)c1ccc(C2=N/C(=C/c3ccc4ccccc4c3)C(=O)O2)cc1. The fraction of sp³-hybridized carbons (Fsp3) is 0.167. The minimum absolute atomic E-state index is 0.0772. The second-order valence-corrected chi connectivity index (χ2v) is 7.77. The highest BCUT2D eigenvalue weighted by molar-refractivity contribution is 6.13. The Morgan fingerprint density at radius 3 is 2.30 bits per heavy atom. The first-order chi connectivity index (χ1) is 12.9. The van der Waals surface area contributed by atoms with E-state index in [1.54, 1.807) is 6.08 Å². The fourth-order valence-electron chi connectivity index (χ4n) is 3.10. The van der Waals surface area contributed by atoms with Gasteiger partial charge < -0.3 is 4.74 Å². The maximum Gasteiger partial charge on any atom is 0.363 e. The van der Waals surface area contributed by atoms with E-state index in [4.69, 9.17) is 4.74 Å². The van der Waals surface area contributed by atoms with Crippen LogP contribution in [0.4, 0.5) is 0 Å². The molecule has 0 aliphatic carbocycles. The monoisotopic (exact) mass is 355 g/mol. The molecule has 0 aromatic heterocycles. The van der Waals surface area contributed by atoms with E-state index in [0.717, 1.165) is 21.9 Å². The van der Waals surface area contributed by atoms with Crippen LogP contribution >= 0.6 is 0 Å². The molecular weight excluding hydrogens is 334 g/mol. The van der Waals surface area contributed by atoms with Gasteiger partial charge in [-0.25, -0.2) is 9.79 Å². The summed E-state index contributed by atoms with van der Waals surface area (Å²) in [5, 5.41) is 2.29. The molecular formula is C24H21NO2. The molecule has 27 heavy (non-hydrogen) atoms. The Morgan fingerprint density at radius 1 is 0.889 bits per heavy atom. The number of carbonyl (C=O) groups is 1. The van der Waals surface area contributed by atoms with E-state index in [1.165, 1.54) is 5.56 Å². The first-order valence-electron chi connectivity index (χ1n) is 9.02. The van der Waals surface area contributed by atoms with Crippen molar-refractivity contribution in [3.63, 3.8) is 0 Å². The van der Waals surface area contributed by atoms with Crippen LogP contribution in [-0.2, 0) is 14.9 Å². The van der Waals surface area contributed by atoms with Crippen molar-refractivity contribution in [3.8, 4) is 0 Å². The van der Waals surface area contributed by atoms with Crippen LogP contribution in [0.1, 0.15) is 37.5 Å².